The molecule has 2 unspecified atom stereocenters. The van der Waals surface area contributed by atoms with Crippen molar-refractivity contribution in [1.29, 1.82) is 0 Å². The molecular formula is C14H22N2O2. The van der Waals surface area contributed by atoms with Gasteiger partial charge in [0.2, 0.25) is 0 Å². The van der Waals surface area contributed by atoms with Crippen LogP contribution in [-0.2, 0) is 4.74 Å². The lowest BCUT2D eigenvalue weighted by atomic mass is 10.2. The number of ether oxygens (including phenoxy) is 1. The van der Waals surface area contributed by atoms with E-state index in [1.165, 1.54) is 5.69 Å². The van der Waals surface area contributed by atoms with E-state index in [2.05, 4.69) is 41.5 Å². The molecule has 0 bridgehead atoms. The quantitative estimate of drug-likeness (QED) is 0.735. The third-order valence-electron chi connectivity index (χ3n) is 3.32. The highest BCUT2D eigenvalue weighted by molar-refractivity contribution is 5.44. The highest BCUT2D eigenvalue weighted by Crippen LogP contribution is 2.11. The lowest BCUT2D eigenvalue weighted by Crippen LogP contribution is -2.40. The van der Waals surface area contributed by atoms with Crippen LogP contribution in [0.5, 0.6) is 0 Å². The zero-order valence-electron chi connectivity index (χ0n) is 10.9. The number of aliphatic hydroxyl groups excluding tert-OH is 1. The molecule has 2 rings (SSSR count). The zero-order chi connectivity index (χ0) is 12.8. The summed E-state index contributed by atoms with van der Waals surface area (Å²) in [6.45, 7) is 2.99. The molecule has 0 aliphatic carbocycles. The maximum absolute atomic E-state index is 9.58. The van der Waals surface area contributed by atoms with Gasteiger partial charge in [0.1, 0.15) is 0 Å². The van der Waals surface area contributed by atoms with Crippen molar-refractivity contribution in [2.45, 2.75) is 18.6 Å². The van der Waals surface area contributed by atoms with Gasteiger partial charge in [-0.25, -0.2) is 0 Å². The first kappa shape index (κ1) is 13.3. The second-order valence-corrected chi connectivity index (χ2v) is 4.78. The van der Waals surface area contributed by atoms with E-state index >= 15 is 0 Å². The molecule has 1 aliphatic heterocycles. The first-order valence-electron chi connectivity index (χ1n) is 6.53. The number of aliphatic hydroxyl groups is 1. The third kappa shape index (κ3) is 3.70. The molecule has 4 heteroatoms. The van der Waals surface area contributed by atoms with Crippen LogP contribution in [0.4, 0.5) is 5.69 Å². The Morgan fingerprint density at radius 1 is 1.33 bits per heavy atom. The molecule has 2 N–H and O–H groups in total. The fourth-order valence-electron chi connectivity index (χ4n) is 2.15. The Morgan fingerprint density at radius 3 is 2.78 bits per heavy atom. The monoisotopic (exact) mass is 250 g/mol. The fraction of sp³-hybridized carbons (Fsp3) is 0.571. The minimum Gasteiger partial charge on any atom is -0.389 e. The van der Waals surface area contributed by atoms with Gasteiger partial charge >= 0.3 is 0 Å². The van der Waals surface area contributed by atoms with Crippen molar-refractivity contribution in [2.24, 2.45) is 0 Å². The van der Waals surface area contributed by atoms with E-state index in [1.807, 2.05) is 6.07 Å². The number of anilines is 1. The average molecular weight is 250 g/mol. The Kier molecular flexibility index (Phi) is 4.99. The molecule has 1 fully saturated rings. The van der Waals surface area contributed by atoms with Crippen molar-refractivity contribution in [1.82, 2.24) is 5.32 Å². The third-order valence-corrected chi connectivity index (χ3v) is 3.32. The van der Waals surface area contributed by atoms with Crippen molar-refractivity contribution in [2.75, 3.05) is 38.3 Å². The van der Waals surface area contributed by atoms with Crippen LogP contribution >= 0.6 is 0 Å². The summed E-state index contributed by atoms with van der Waals surface area (Å²) < 4.78 is 5.19. The number of hydrogen-bond donors (Lipinski definition) is 2. The summed E-state index contributed by atoms with van der Waals surface area (Å²) in [4.78, 5) is 2.24. The van der Waals surface area contributed by atoms with Crippen LogP contribution in [-0.4, -0.2) is 50.6 Å². The SMILES string of the molecule is CN(CCCNC1COCC1O)c1ccccc1. The van der Waals surface area contributed by atoms with Crippen molar-refractivity contribution in [3.63, 3.8) is 0 Å². The highest BCUT2D eigenvalue weighted by atomic mass is 16.5. The minimum atomic E-state index is -0.350. The lowest BCUT2D eigenvalue weighted by molar-refractivity contribution is 0.122. The molecule has 0 saturated carbocycles. The van der Waals surface area contributed by atoms with Crippen LogP contribution in [0.25, 0.3) is 0 Å². The van der Waals surface area contributed by atoms with Crippen molar-refractivity contribution in [3.8, 4) is 0 Å². The van der Waals surface area contributed by atoms with Gasteiger partial charge in [0.05, 0.1) is 25.4 Å². The number of para-hydroxylation sites is 1. The Hall–Kier alpha value is -1.10. The lowest BCUT2D eigenvalue weighted by Gasteiger charge is -2.20. The van der Waals surface area contributed by atoms with E-state index in [1.54, 1.807) is 0 Å². The topological polar surface area (TPSA) is 44.7 Å². The average Bonchev–Trinajstić information content (AvgIpc) is 2.81. The van der Waals surface area contributed by atoms with Crippen molar-refractivity contribution >= 4 is 5.69 Å². The molecular weight excluding hydrogens is 228 g/mol. The molecule has 0 radical (unpaired) electrons. The number of benzene rings is 1. The molecule has 0 aromatic heterocycles. The largest absolute Gasteiger partial charge is 0.389 e. The van der Waals surface area contributed by atoms with Gasteiger partial charge < -0.3 is 20.1 Å². The van der Waals surface area contributed by atoms with Crippen LogP contribution in [0.1, 0.15) is 6.42 Å². The predicted octanol–water partition coefficient (Wildman–Crippen LogP) is 0.862. The van der Waals surface area contributed by atoms with E-state index < -0.39 is 0 Å². The van der Waals surface area contributed by atoms with E-state index in [0.29, 0.717) is 13.2 Å². The van der Waals surface area contributed by atoms with Gasteiger partial charge in [-0.05, 0) is 25.1 Å². The summed E-state index contributed by atoms with van der Waals surface area (Å²) in [5.74, 6) is 0. The predicted molar refractivity (Wildman–Crippen MR) is 72.9 cm³/mol. The summed E-state index contributed by atoms with van der Waals surface area (Å²) in [6.07, 6.45) is 0.700. The van der Waals surface area contributed by atoms with Gasteiger partial charge in [0.25, 0.3) is 0 Å². The van der Waals surface area contributed by atoms with E-state index in [4.69, 9.17) is 4.74 Å². The number of hydrogen-bond acceptors (Lipinski definition) is 4. The molecule has 2 atom stereocenters. The first-order chi connectivity index (χ1) is 8.77. The van der Waals surface area contributed by atoms with E-state index in [9.17, 15) is 5.11 Å². The molecule has 1 aromatic rings. The van der Waals surface area contributed by atoms with Crippen molar-refractivity contribution in [3.05, 3.63) is 30.3 Å². The summed E-state index contributed by atoms with van der Waals surface area (Å²) in [5.41, 5.74) is 1.24. The molecule has 0 spiro atoms. The van der Waals surface area contributed by atoms with Gasteiger partial charge in [-0.15, -0.1) is 0 Å². The molecule has 100 valence electrons. The van der Waals surface area contributed by atoms with Crippen LogP contribution < -0.4 is 10.2 Å². The molecule has 4 nitrogen and oxygen atoms in total. The van der Waals surface area contributed by atoms with Crippen LogP contribution in [0.15, 0.2) is 30.3 Å². The number of nitrogens with zero attached hydrogens (tertiary/aromatic N) is 1. The van der Waals surface area contributed by atoms with Gasteiger partial charge in [-0.3, -0.25) is 0 Å². The standard InChI is InChI=1S/C14H22N2O2/c1-16(12-6-3-2-4-7-12)9-5-8-15-13-10-18-11-14(13)17/h2-4,6-7,13-15,17H,5,8-11H2,1H3. The van der Waals surface area contributed by atoms with Gasteiger partial charge in [-0.2, -0.15) is 0 Å². The highest BCUT2D eigenvalue weighted by Gasteiger charge is 2.24. The summed E-state index contributed by atoms with van der Waals surface area (Å²) in [6, 6.07) is 10.5. The van der Waals surface area contributed by atoms with E-state index in [0.717, 1.165) is 19.5 Å². The Labute approximate surface area is 109 Å². The summed E-state index contributed by atoms with van der Waals surface area (Å²) >= 11 is 0. The Bertz CT molecular complexity index is 345. The number of nitrogens with one attached hydrogen (secondary N) is 1. The molecule has 1 aromatic carbocycles. The zero-order valence-corrected chi connectivity index (χ0v) is 10.9. The molecule has 1 saturated heterocycles. The Morgan fingerprint density at radius 2 is 2.11 bits per heavy atom. The summed E-state index contributed by atoms with van der Waals surface area (Å²) in [7, 11) is 2.10. The summed E-state index contributed by atoms with van der Waals surface area (Å²) in [5, 5.41) is 12.9. The second-order valence-electron chi connectivity index (χ2n) is 4.78. The van der Waals surface area contributed by atoms with Gasteiger partial charge in [0, 0.05) is 19.3 Å². The minimum absolute atomic E-state index is 0.104. The van der Waals surface area contributed by atoms with Crippen LogP contribution in [0, 0.1) is 0 Å². The molecule has 1 aliphatic rings. The maximum Gasteiger partial charge on any atom is 0.0948 e. The van der Waals surface area contributed by atoms with E-state index in [-0.39, 0.29) is 12.1 Å². The van der Waals surface area contributed by atoms with Crippen LogP contribution in [0.3, 0.4) is 0 Å². The second kappa shape index (κ2) is 6.73. The smallest absolute Gasteiger partial charge is 0.0948 e. The van der Waals surface area contributed by atoms with Gasteiger partial charge in [-0.1, -0.05) is 18.2 Å². The van der Waals surface area contributed by atoms with Crippen molar-refractivity contribution < 1.29 is 9.84 Å². The Balaban J connectivity index is 1.63. The fourth-order valence-corrected chi connectivity index (χ4v) is 2.15. The molecule has 18 heavy (non-hydrogen) atoms. The normalized spacial score (nSPS) is 23.2. The molecule has 1 heterocycles. The van der Waals surface area contributed by atoms with Crippen LogP contribution in [0.2, 0.25) is 0 Å². The number of rotatable bonds is 6. The molecule has 0 amide bonds. The first-order valence-corrected chi connectivity index (χ1v) is 6.53. The van der Waals surface area contributed by atoms with Gasteiger partial charge in [0.15, 0.2) is 0 Å². The maximum atomic E-state index is 9.58.